The molecule has 0 bridgehead atoms. The molecule has 1 aliphatic heterocycles. The number of rotatable bonds is 5. The van der Waals surface area contributed by atoms with Crippen LogP contribution < -0.4 is 10.6 Å². The summed E-state index contributed by atoms with van der Waals surface area (Å²) >= 11 is 17.7. The Labute approximate surface area is 150 Å². The molecule has 1 saturated heterocycles. The maximum Gasteiger partial charge on any atom is 0.225 e. The Bertz CT molecular complexity index is 647. The first-order chi connectivity index (χ1) is 10.7. The van der Waals surface area contributed by atoms with Gasteiger partial charge in [-0.25, -0.2) is 8.42 Å². The van der Waals surface area contributed by atoms with E-state index in [1.165, 1.54) is 0 Å². The van der Waals surface area contributed by atoms with Crippen molar-refractivity contribution in [3.63, 3.8) is 0 Å². The highest BCUT2D eigenvalue weighted by Crippen LogP contribution is 2.30. The number of benzene rings is 1. The first-order valence-electron chi connectivity index (χ1n) is 7.02. The van der Waals surface area contributed by atoms with Crippen molar-refractivity contribution in [3.8, 4) is 0 Å². The van der Waals surface area contributed by atoms with Crippen LogP contribution in [0, 0.1) is 0 Å². The van der Waals surface area contributed by atoms with Gasteiger partial charge in [-0.05, 0) is 12.0 Å². The molecule has 0 saturated carbocycles. The van der Waals surface area contributed by atoms with E-state index in [9.17, 15) is 13.2 Å². The third-order valence-corrected chi connectivity index (χ3v) is 5.90. The topological polar surface area (TPSA) is 75.3 Å². The molecule has 1 amide bonds. The Hall–Kier alpha value is -0.530. The van der Waals surface area contributed by atoms with Crippen molar-refractivity contribution < 1.29 is 13.2 Å². The van der Waals surface area contributed by atoms with E-state index in [2.05, 4.69) is 10.6 Å². The number of sulfone groups is 1. The van der Waals surface area contributed by atoms with Gasteiger partial charge in [0.25, 0.3) is 0 Å². The van der Waals surface area contributed by atoms with E-state index in [0.717, 1.165) is 5.56 Å². The molecule has 9 heteroatoms. The Kier molecular flexibility index (Phi) is 6.19. The summed E-state index contributed by atoms with van der Waals surface area (Å²) in [4.78, 5) is 12.1. The highest BCUT2D eigenvalue weighted by Gasteiger charge is 2.38. The largest absolute Gasteiger partial charge is 0.336 e. The molecule has 128 valence electrons. The smallest absolute Gasteiger partial charge is 0.225 e. The van der Waals surface area contributed by atoms with Crippen LogP contribution in [0.5, 0.6) is 0 Å². The highest BCUT2D eigenvalue weighted by molar-refractivity contribution is 7.91. The molecule has 23 heavy (non-hydrogen) atoms. The van der Waals surface area contributed by atoms with E-state index >= 15 is 0 Å². The fraction of sp³-hybridized carbons (Fsp3) is 0.500. The quantitative estimate of drug-likeness (QED) is 0.585. The minimum absolute atomic E-state index is 0.0290. The van der Waals surface area contributed by atoms with Gasteiger partial charge in [-0.15, -0.1) is 0 Å². The van der Waals surface area contributed by atoms with Gasteiger partial charge in [-0.3, -0.25) is 10.1 Å². The fourth-order valence-corrected chi connectivity index (χ4v) is 4.41. The molecule has 1 aliphatic rings. The number of carbonyl (C=O) groups excluding carboxylic acids is 1. The lowest BCUT2D eigenvalue weighted by molar-refractivity contribution is -0.121. The van der Waals surface area contributed by atoms with Gasteiger partial charge >= 0.3 is 0 Å². The summed E-state index contributed by atoms with van der Waals surface area (Å²) in [5, 5.41) is 5.54. The van der Waals surface area contributed by atoms with E-state index in [-0.39, 0.29) is 29.9 Å². The summed E-state index contributed by atoms with van der Waals surface area (Å²) in [6, 6.07) is 8.81. The third kappa shape index (κ3) is 6.12. The van der Waals surface area contributed by atoms with Gasteiger partial charge in [0.05, 0.1) is 17.9 Å². The summed E-state index contributed by atoms with van der Waals surface area (Å²) in [6.07, 6.45) is -0.404. The maximum absolute atomic E-state index is 12.1. The van der Waals surface area contributed by atoms with Crippen LogP contribution in [0.4, 0.5) is 0 Å². The zero-order chi connectivity index (χ0) is 17.1. The molecule has 1 aromatic rings. The maximum atomic E-state index is 12.1. The monoisotopic (exact) mass is 398 g/mol. The number of hydrogen-bond donors (Lipinski definition) is 2. The zero-order valence-corrected chi connectivity index (χ0v) is 15.2. The van der Waals surface area contributed by atoms with Crippen LogP contribution in [0.3, 0.4) is 0 Å². The van der Waals surface area contributed by atoms with Crippen LogP contribution in [0.15, 0.2) is 30.3 Å². The van der Waals surface area contributed by atoms with Gasteiger partial charge in [0.15, 0.2) is 9.84 Å². The zero-order valence-electron chi connectivity index (χ0n) is 12.1. The number of alkyl halides is 3. The molecule has 0 aliphatic carbocycles. The molecule has 2 atom stereocenters. The number of amides is 1. The normalized spacial score (nSPS) is 21.8. The minimum atomic E-state index is -3.07. The number of halogens is 3. The number of nitrogens with one attached hydrogen (secondary N) is 2. The second kappa shape index (κ2) is 7.57. The van der Waals surface area contributed by atoms with Crippen LogP contribution in [-0.2, 0) is 21.1 Å². The summed E-state index contributed by atoms with van der Waals surface area (Å²) in [6.45, 7) is 0. The molecule has 0 spiro atoms. The van der Waals surface area contributed by atoms with Gasteiger partial charge in [0.2, 0.25) is 9.70 Å². The first kappa shape index (κ1) is 18.8. The van der Waals surface area contributed by atoms with Gasteiger partial charge in [-0.2, -0.15) is 0 Å². The molecule has 1 aromatic carbocycles. The van der Waals surface area contributed by atoms with Crippen molar-refractivity contribution in [1.29, 1.82) is 0 Å². The minimum Gasteiger partial charge on any atom is -0.336 e. The Morgan fingerprint density at radius 1 is 1.26 bits per heavy atom. The van der Waals surface area contributed by atoms with E-state index in [1.54, 1.807) is 0 Å². The van der Waals surface area contributed by atoms with E-state index in [0.29, 0.717) is 6.42 Å². The van der Waals surface area contributed by atoms with Crippen molar-refractivity contribution in [3.05, 3.63) is 35.9 Å². The van der Waals surface area contributed by atoms with Crippen LogP contribution in [0.2, 0.25) is 0 Å². The van der Waals surface area contributed by atoms with Crippen molar-refractivity contribution in [1.82, 2.24) is 10.6 Å². The average molecular weight is 400 g/mol. The second-order valence-corrected chi connectivity index (χ2v) is 10.1. The van der Waals surface area contributed by atoms with Gasteiger partial charge < -0.3 is 5.32 Å². The van der Waals surface area contributed by atoms with Crippen molar-refractivity contribution >= 4 is 50.5 Å². The molecule has 5 nitrogen and oxygen atoms in total. The van der Waals surface area contributed by atoms with Crippen LogP contribution in [0.25, 0.3) is 0 Å². The molecule has 1 fully saturated rings. The van der Waals surface area contributed by atoms with Crippen molar-refractivity contribution in [2.45, 2.75) is 28.8 Å². The number of hydrogen-bond acceptors (Lipinski definition) is 4. The molecule has 0 unspecified atom stereocenters. The average Bonchev–Trinajstić information content (AvgIpc) is 2.77. The third-order valence-electron chi connectivity index (χ3n) is 3.47. The molecule has 0 aromatic heterocycles. The van der Waals surface area contributed by atoms with Crippen LogP contribution in [0.1, 0.15) is 12.0 Å². The summed E-state index contributed by atoms with van der Waals surface area (Å²) in [7, 11) is -3.07. The van der Waals surface area contributed by atoms with E-state index in [4.69, 9.17) is 34.8 Å². The van der Waals surface area contributed by atoms with Gasteiger partial charge in [-0.1, -0.05) is 65.1 Å². The van der Waals surface area contributed by atoms with Crippen LogP contribution in [-0.4, -0.2) is 41.8 Å². The van der Waals surface area contributed by atoms with E-state index in [1.807, 2.05) is 30.3 Å². The van der Waals surface area contributed by atoms with Crippen LogP contribution >= 0.6 is 34.8 Å². The molecule has 2 N–H and O–H groups in total. The predicted octanol–water partition coefficient (Wildman–Crippen LogP) is 1.82. The predicted molar refractivity (Wildman–Crippen MR) is 92.6 cm³/mol. The highest BCUT2D eigenvalue weighted by atomic mass is 35.6. The summed E-state index contributed by atoms with van der Waals surface area (Å²) in [5.41, 5.74) is 0.830. The Balaban J connectivity index is 1.97. The summed E-state index contributed by atoms with van der Waals surface area (Å²) < 4.78 is 21.2. The van der Waals surface area contributed by atoms with E-state index < -0.39 is 19.8 Å². The molecular formula is C14H17Cl3N2O3S. The second-order valence-electron chi connectivity index (χ2n) is 5.47. The lowest BCUT2D eigenvalue weighted by atomic mass is 10.1. The molecule has 1 heterocycles. The number of carbonyl (C=O) groups is 1. The van der Waals surface area contributed by atoms with Crippen molar-refractivity contribution in [2.24, 2.45) is 0 Å². The Morgan fingerprint density at radius 2 is 1.91 bits per heavy atom. The lowest BCUT2D eigenvalue weighted by Crippen LogP contribution is -2.57. The summed E-state index contributed by atoms with van der Waals surface area (Å²) in [5.74, 6) is -0.255. The molecule has 0 radical (unpaired) electrons. The lowest BCUT2D eigenvalue weighted by Gasteiger charge is -2.29. The standard InChI is InChI=1S/C14H17Cl3N2O3S/c15-14(16,17)13(18-11-6-7-23(21,22)9-11)19-12(20)8-10-4-2-1-3-5-10/h1-5,11,13,18H,6-9H2,(H,19,20)/t11-,13+/m1/s1. The van der Waals surface area contributed by atoms with Crippen molar-refractivity contribution in [2.75, 3.05) is 11.5 Å². The van der Waals surface area contributed by atoms with Gasteiger partial charge in [0.1, 0.15) is 6.17 Å². The fourth-order valence-electron chi connectivity index (χ4n) is 2.37. The molecule has 2 rings (SSSR count). The van der Waals surface area contributed by atoms with Gasteiger partial charge in [0, 0.05) is 6.04 Å². The first-order valence-corrected chi connectivity index (χ1v) is 9.98. The molecular weight excluding hydrogens is 383 g/mol. The SMILES string of the molecule is O=C(Cc1ccccc1)N[C@H](N[C@@H]1CCS(=O)(=O)C1)C(Cl)(Cl)Cl. The Morgan fingerprint density at radius 3 is 2.43 bits per heavy atom.